The van der Waals surface area contributed by atoms with Crippen molar-refractivity contribution in [3.8, 4) is 5.75 Å². The molecule has 3 aromatic carbocycles. The number of thioether (sulfide) groups is 3. The molecule has 0 bridgehead atoms. The summed E-state index contributed by atoms with van der Waals surface area (Å²) in [6.07, 6.45) is 4.52. The molecule has 0 radical (unpaired) electrons. The molecule has 2 saturated heterocycles. The standard InChI is InChI=1S/C37H41N3O4S3/c1-3-4-5-12-19-38-32-18-17-30(43-20-21-44-31-25-45-23-27(2)24-46-26-31)22-33(32)47-37(38)34-35(41)39(28-13-8-6-9-14-28)40(36(34)42)29-15-10-7-11-16-29/h6-11,13-18,22,31H,2-5,12,19-21,23-26H2,1H3. The molecule has 7 nitrogen and oxygen atoms in total. The number of hydrazine groups is 1. The quantitative estimate of drug-likeness (QED) is 0.0818. The Hall–Kier alpha value is -3.31. The van der Waals surface area contributed by atoms with Crippen LogP contribution in [-0.4, -0.2) is 60.7 Å². The van der Waals surface area contributed by atoms with E-state index < -0.39 is 0 Å². The molecule has 3 aliphatic heterocycles. The minimum absolute atomic E-state index is 0.184. The van der Waals surface area contributed by atoms with Gasteiger partial charge in [0.1, 0.15) is 17.9 Å². The highest BCUT2D eigenvalue weighted by Crippen LogP contribution is 2.50. The van der Waals surface area contributed by atoms with E-state index in [0.29, 0.717) is 29.6 Å². The van der Waals surface area contributed by atoms with E-state index in [1.54, 1.807) is 0 Å². The Labute approximate surface area is 290 Å². The number of rotatable bonds is 12. The van der Waals surface area contributed by atoms with Crippen molar-refractivity contribution in [1.29, 1.82) is 0 Å². The number of nitrogens with zero attached hydrogens (tertiary/aromatic N) is 3. The molecule has 3 heterocycles. The largest absolute Gasteiger partial charge is 0.491 e. The first-order valence-electron chi connectivity index (χ1n) is 16.2. The van der Waals surface area contributed by atoms with Crippen LogP contribution in [-0.2, 0) is 14.3 Å². The predicted octanol–water partition coefficient (Wildman–Crippen LogP) is 8.19. The fourth-order valence-electron chi connectivity index (χ4n) is 5.76. The van der Waals surface area contributed by atoms with Gasteiger partial charge >= 0.3 is 0 Å². The highest BCUT2D eigenvalue weighted by molar-refractivity contribution is 8.03. The molecule has 2 amide bonds. The maximum Gasteiger partial charge on any atom is 0.285 e. The molecule has 0 spiro atoms. The highest BCUT2D eigenvalue weighted by atomic mass is 32.2. The lowest BCUT2D eigenvalue weighted by molar-refractivity contribution is -0.116. The first kappa shape index (κ1) is 33.6. The molecule has 0 saturated carbocycles. The molecule has 0 atom stereocenters. The first-order valence-corrected chi connectivity index (χ1v) is 19.4. The summed E-state index contributed by atoms with van der Waals surface area (Å²) in [4.78, 5) is 31.7. The van der Waals surface area contributed by atoms with E-state index in [9.17, 15) is 9.59 Å². The summed E-state index contributed by atoms with van der Waals surface area (Å²) in [6.45, 7) is 8.00. The molecule has 0 unspecified atom stereocenters. The summed E-state index contributed by atoms with van der Waals surface area (Å²) in [5.41, 5.74) is 3.75. The van der Waals surface area contributed by atoms with Crippen molar-refractivity contribution in [1.82, 2.24) is 0 Å². The Morgan fingerprint density at radius 2 is 1.45 bits per heavy atom. The molecule has 47 heavy (non-hydrogen) atoms. The van der Waals surface area contributed by atoms with Gasteiger partial charge in [0, 0.05) is 34.5 Å². The van der Waals surface area contributed by atoms with Crippen molar-refractivity contribution >= 4 is 64.2 Å². The van der Waals surface area contributed by atoms with Gasteiger partial charge < -0.3 is 14.4 Å². The Morgan fingerprint density at radius 1 is 0.809 bits per heavy atom. The summed E-state index contributed by atoms with van der Waals surface area (Å²) in [7, 11) is 0. The van der Waals surface area contributed by atoms with E-state index in [2.05, 4.69) is 24.5 Å². The predicted molar refractivity (Wildman–Crippen MR) is 198 cm³/mol. The lowest BCUT2D eigenvalue weighted by Crippen LogP contribution is -2.41. The zero-order chi connectivity index (χ0) is 32.6. The third-order valence-electron chi connectivity index (χ3n) is 8.06. The first-order chi connectivity index (χ1) is 23.0. The van der Waals surface area contributed by atoms with Gasteiger partial charge in [-0.15, -0.1) is 0 Å². The average Bonchev–Trinajstić information content (AvgIpc) is 3.56. The number of anilines is 3. The van der Waals surface area contributed by atoms with Crippen LogP contribution in [0.25, 0.3) is 0 Å². The number of ether oxygens (including phenoxy) is 2. The normalized spacial score (nSPS) is 17.4. The molecule has 0 N–H and O–H groups in total. The highest BCUT2D eigenvalue weighted by Gasteiger charge is 2.47. The summed E-state index contributed by atoms with van der Waals surface area (Å²) in [6, 6.07) is 24.8. The van der Waals surface area contributed by atoms with Crippen molar-refractivity contribution in [3.63, 3.8) is 0 Å². The SMILES string of the molecule is C=C1CSCC(OCCOc2ccc3c(c2)SC(=C2C(=O)N(c4ccccc4)N(c4ccccc4)C2=O)N3CCCCCC)CSC1. The second-order valence-corrected chi connectivity index (χ2v) is 14.7. The van der Waals surface area contributed by atoms with Gasteiger partial charge in [-0.1, -0.05) is 86.5 Å². The number of amides is 2. The van der Waals surface area contributed by atoms with Crippen LogP contribution in [0, 0.1) is 0 Å². The summed E-state index contributed by atoms with van der Waals surface area (Å²) in [5, 5.41) is 3.67. The third kappa shape index (κ3) is 7.88. The van der Waals surface area contributed by atoms with Gasteiger partial charge in [0.15, 0.2) is 0 Å². The van der Waals surface area contributed by atoms with Crippen LogP contribution in [0.5, 0.6) is 5.75 Å². The molecule has 246 valence electrons. The zero-order valence-corrected chi connectivity index (χ0v) is 29.2. The fraction of sp³-hybridized carbons (Fsp3) is 0.351. The molecule has 6 rings (SSSR count). The van der Waals surface area contributed by atoms with Gasteiger partial charge in [-0.25, -0.2) is 10.0 Å². The maximum absolute atomic E-state index is 14.3. The van der Waals surface area contributed by atoms with Crippen LogP contribution in [0.3, 0.4) is 0 Å². The molecule has 3 aromatic rings. The summed E-state index contributed by atoms with van der Waals surface area (Å²) in [5.74, 6) is 4.01. The Balaban J connectivity index is 1.24. The van der Waals surface area contributed by atoms with Crippen LogP contribution in [0.2, 0.25) is 0 Å². The van der Waals surface area contributed by atoms with Crippen molar-refractivity contribution in [2.24, 2.45) is 0 Å². The lowest BCUT2D eigenvalue weighted by Gasteiger charge is -2.27. The number of unbranched alkanes of at least 4 members (excludes halogenated alkanes) is 3. The molecule has 2 fully saturated rings. The average molecular weight is 688 g/mol. The molecular weight excluding hydrogens is 647 g/mol. The van der Waals surface area contributed by atoms with Crippen molar-refractivity contribution in [2.45, 2.75) is 43.6 Å². The number of carbonyl (C=O) groups is 2. The van der Waals surface area contributed by atoms with Crippen LogP contribution >= 0.6 is 35.3 Å². The van der Waals surface area contributed by atoms with E-state index in [4.69, 9.17) is 9.47 Å². The summed E-state index contributed by atoms with van der Waals surface area (Å²) >= 11 is 5.25. The number of fused-ring (bicyclic) bond motifs is 1. The van der Waals surface area contributed by atoms with Gasteiger partial charge in [0.05, 0.1) is 34.8 Å². The van der Waals surface area contributed by atoms with Gasteiger partial charge in [0.2, 0.25) is 0 Å². The van der Waals surface area contributed by atoms with E-state index in [0.717, 1.165) is 71.6 Å². The van der Waals surface area contributed by atoms with Crippen LogP contribution in [0.15, 0.2) is 107 Å². The van der Waals surface area contributed by atoms with Gasteiger partial charge in [-0.3, -0.25) is 9.59 Å². The maximum atomic E-state index is 14.3. The zero-order valence-electron chi connectivity index (χ0n) is 26.8. The van der Waals surface area contributed by atoms with E-state index >= 15 is 0 Å². The molecule has 0 aromatic heterocycles. The number of benzene rings is 3. The monoisotopic (exact) mass is 687 g/mol. The second kappa shape index (κ2) is 16.2. The van der Waals surface area contributed by atoms with Crippen molar-refractivity contribution in [2.75, 3.05) is 57.7 Å². The Kier molecular flexibility index (Phi) is 11.6. The van der Waals surface area contributed by atoms with Crippen LogP contribution in [0.4, 0.5) is 17.1 Å². The second-order valence-electron chi connectivity index (χ2n) is 11.7. The van der Waals surface area contributed by atoms with Crippen LogP contribution in [0.1, 0.15) is 32.6 Å². The number of hydrogen-bond donors (Lipinski definition) is 0. The van der Waals surface area contributed by atoms with E-state index in [-0.39, 0.29) is 23.5 Å². The lowest BCUT2D eigenvalue weighted by atomic mass is 10.1. The minimum atomic E-state index is -0.331. The molecular formula is C37H41N3O4S3. The fourth-order valence-corrected chi connectivity index (χ4v) is 9.26. The smallest absolute Gasteiger partial charge is 0.285 e. The Bertz CT molecular complexity index is 1530. The van der Waals surface area contributed by atoms with Gasteiger partial charge in [0.25, 0.3) is 11.8 Å². The summed E-state index contributed by atoms with van der Waals surface area (Å²) < 4.78 is 12.3. The minimum Gasteiger partial charge on any atom is -0.491 e. The van der Waals surface area contributed by atoms with Crippen LogP contribution < -0.4 is 19.7 Å². The third-order valence-corrected chi connectivity index (χ3v) is 11.7. The Morgan fingerprint density at radius 3 is 2.06 bits per heavy atom. The van der Waals surface area contributed by atoms with Gasteiger partial charge in [-0.2, -0.15) is 23.5 Å². The van der Waals surface area contributed by atoms with E-state index in [1.165, 1.54) is 27.4 Å². The topological polar surface area (TPSA) is 62.3 Å². The molecule has 0 aliphatic carbocycles. The number of para-hydroxylation sites is 2. The van der Waals surface area contributed by atoms with Crippen molar-refractivity contribution in [3.05, 3.63) is 102 Å². The van der Waals surface area contributed by atoms with Crippen molar-refractivity contribution < 1.29 is 19.1 Å². The molecule has 3 aliphatic rings. The number of hydrogen-bond acceptors (Lipinski definition) is 8. The number of carbonyl (C=O) groups excluding carboxylic acids is 2. The van der Waals surface area contributed by atoms with E-state index in [1.807, 2.05) is 96.3 Å². The molecule has 10 heteroatoms. The van der Waals surface area contributed by atoms with Gasteiger partial charge in [-0.05, 0) is 48.9 Å².